The van der Waals surface area contributed by atoms with Crippen LogP contribution in [0.2, 0.25) is 0 Å². The summed E-state index contributed by atoms with van der Waals surface area (Å²) in [7, 11) is 0. The molecule has 0 saturated carbocycles. The number of likely N-dealkylation sites (tertiary alicyclic amines) is 1. The summed E-state index contributed by atoms with van der Waals surface area (Å²) >= 11 is 1.49. The molecule has 32 heavy (non-hydrogen) atoms. The van der Waals surface area contributed by atoms with E-state index in [9.17, 15) is 9.59 Å². The van der Waals surface area contributed by atoms with Crippen molar-refractivity contribution in [3.8, 4) is 11.1 Å². The topological polar surface area (TPSA) is 62.3 Å². The van der Waals surface area contributed by atoms with Gasteiger partial charge in [0, 0.05) is 36.3 Å². The fraction of sp³-hybridized carbons (Fsp3) is 0.346. The summed E-state index contributed by atoms with van der Waals surface area (Å²) in [4.78, 5) is 35.0. The molecule has 1 aliphatic heterocycles. The second-order valence-electron chi connectivity index (χ2n) is 8.70. The first-order valence-electron chi connectivity index (χ1n) is 11.1. The van der Waals surface area contributed by atoms with Crippen molar-refractivity contribution in [2.24, 2.45) is 0 Å². The molecule has 2 aromatic heterocycles. The average Bonchev–Trinajstić information content (AvgIpc) is 3.41. The molecule has 0 spiro atoms. The van der Waals surface area contributed by atoms with Crippen molar-refractivity contribution < 1.29 is 9.59 Å². The average molecular weight is 448 g/mol. The number of hydrogen-bond donors (Lipinski definition) is 1. The van der Waals surface area contributed by atoms with Gasteiger partial charge in [-0.05, 0) is 74.6 Å². The molecule has 3 aromatic rings. The molecule has 0 bridgehead atoms. The number of amides is 2. The highest BCUT2D eigenvalue weighted by molar-refractivity contribution is 7.13. The van der Waals surface area contributed by atoms with Crippen molar-refractivity contribution >= 4 is 23.2 Å². The standard InChI is InChI=1S/C26H29N3O2S/c1-18(2)28-25(31)26(13-6-16-29(26)24(30)23-10-9-19(3)32-23)17-21-7-4-5-8-22(21)20-11-14-27-15-12-20/h4-5,7-12,14-15,18H,6,13,16-17H2,1-3H3,(H,28,31). The molecule has 166 valence electrons. The van der Waals surface area contributed by atoms with E-state index in [0.717, 1.165) is 28.0 Å². The normalized spacial score (nSPS) is 18.2. The first kappa shape index (κ1) is 22.2. The summed E-state index contributed by atoms with van der Waals surface area (Å²) in [5.41, 5.74) is 2.26. The van der Waals surface area contributed by atoms with E-state index in [1.165, 1.54) is 11.3 Å². The smallest absolute Gasteiger partial charge is 0.264 e. The SMILES string of the molecule is Cc1ccc(C(=O)N2CCCC2(Cc2ccccc2-c2ccncc2)C(=O)NC(C)C)s1. The molecule has 1 atom stereocenters. The lowest BCUT2D eigenvalue weighted by atomic mass is 9.84. The fourth-order valence-electron chi connectivity index (χ4n) is 4.56. The van der Waals surface area contributed by atoms with E-state index in [-0.39, 0.29) is 17.9 Å². The number of rotatable bonds is 6. The molecule has 0 radical (unpaired) electrons. The Balaban J connectivity index is 1.77. The van der Waals surface area contributed by atoms with Gasteiger partial charge in [0.05, 0.1) is 4.88 Å². The van der Waals surface area contributed by atoms with E-state index < -0.39 is 5.54 Å². The molecule has 5 nitrogen and oxygen atoms in total. The molecule has 3 heterocycles. The first-order chi connectivity index (χ1) is 15.4. The Morgan fingerprint density at radius 3 is 2.56 bits per heavy atom. The summed E-state index contributed by atoms with van der Waals surface area (Å²) in [5.74, 6) is -0.128. The Hall–Kier alpha value is -2.99. The van der Waals surface area contributed by atoms with Crippen LogP contribution in [-0.2, 0) is 11.2 Å². The highest BCUT2D eigenvalue weighted by atomic mass is 32.1. The summed E-state index contributed by atoms with van der Waals surface area (Å²) < 4.78 is 0. The van der Waals surface area contributed by atoms with E-state index in [4.69, 9.17) is 0 Å². The number of pyridine rings is 1. The third-order valence-electron chi connectivity index (χ3n) is 6.02. The van der Waals surface area contributed by atoms with Gasteiger partial charge in [-0.3, -0.25) is 14.6 Å². The van der Waals surface area contributed by atoms with Crippen molar-refractivity contribution in [3.05, 3.63) is 76.2 Å². The van der Waals surface area contributed by atoms with Gasteiger partial charge in [0.15, 0.2) is 0 Å². The number of aromatic nitrogens is 1. The van der Waals surface area contributed by atoms with Gasteiger partial charge in [0.25, 0.3) is 5.91 Å². The van der Waals surface area contributed by atoms with Gasteiger partial charge in [-0.15, -0.1) is 11.3 Å². The predicted octanol–water partition coefficient (Wildman–Crippen LogP) is 4.86. The van der Waals surface area contributed by atoms with Crippen LogP contribution in [-0.4, -0.2) is 39.8 Å². The lowest BCUT2D eigenvalue weighted by molar-refractivity contribution is -0.131. The predicted molar refractivity (Wildman–Crippen MR) is 129 cm³/mol. The Morgan fingerprint density at radius 1 is 1.12 bits per heavy atom. The van der Waals surface area contributed by atoms with Gasteiger partial charge in [-0.2, -0.15) is 0 Å². The molecule has 4 rings (SSSR count). The Morgan fingerprint density at radius 2 is 1.88 bits per heavy atom. The maximum atomic E-state index is 13.7. The van der Waals surface area contributed by atoms with Crippen LogP contribution in [0.5, 0.6) is 0 Å². The molecule has 6 heteroatoms. The van der Waals surface area contributed by atoms with Crippen molar-refractivity contribution in [2.75, 3.05) is 6.54 Å². The Kier molecular flexibility index (Phi) is 6.42. The molecule has 1 aromatic carbocycles. The summed E-state index contributed by atoms with van der Waals surface area (Å²) in [5, 5.41) is 3.11. The third-order valence-corrected chi connectivity index (χ3v) is 7.01. The Labute approximate surface area is 193 Å². The first-order valence-corrected chi connectivity index (χ1v) is 11.9. The lowest BCUT2D eigenvalue weighted by Gasteiger charge is -2.38. The number of nitrogens with zero attached hydrogens (tertiary/aromatic N) is 2. The maximum Gasteiger partial charge on any atom is 0.264 e. The molecule has 1 fully saturated rings. The molecular formula is C26H29N3O2S. The molecule has 1 saturated heterocycles. The van der Waals surface area contributed by atoms with E-state index in [1.54, 1.807) is 12.4 Å². The van der Waals surface area contributed by atoms with Crippen molar-refractivity contribution in [1.29, 1.82) is 0 Å². The van der Waals surface area contributed by atoms with E-state index >= 15 is 0 Å². The van der Waals surface area contributed by atoms with Crippen molar-refractivity contribution in [1.82, 2.24) is 15.2 Å². The maximum absolute atomic E-state index is 13.7. The lowest BCUT2D eigenvalue weighted by Crippen LogP contribution is -2.59. The zero-order chi connectivity index (χ0) is 22.7. The number of aryl methyl sites for hydroxylation is 1. The summed E-state index contributed by atoms with van der Waals surface area (Å²) in [6.07, 6.45) is 5.47. The minimum atomic E-state index is -0.914. The van der Waals surface area contributed by atoms with Gasteiger partial charge >= 0.3 is 0 Å². The van der Waals surface area contributed by atoms with Gasteiger partial charge in [-0.25, -0.2) is 0 Å². The van der Waals surface area contributed by atoms with E-state index in [2.05, 4.69) is 22.4 Å². The molecular weight excluding hydrogens is 418 g/mol. The molecule has 1 unspecified atom stereocenters. The number of nitrogens with one attached hydrogen (secondary N) is 1. The van der Waals surface area contributed by atoms with Crippen LogP contribution in [0.3, 0.4) is 0 Å². The van der Waals surface area contributed by atoms with Crippen LogP contribution < -0.4 is 5.32 Å². The zero-order valence-corrected chi connectivity index (χ0v) is 19.6. The Bertz CT molecular complexity index is 1110. The number of carbonyl (C=O) groups excluding carboxylic acids is 2. The van der Waals surface area contributed by atoms with Crippen LogP contribution in [0.1, 0.15) is 46.8 Å². The van der Waals surface area contributed by atoms with Crippen molar-refractivity contribution in [3.63, 3.8) is 0 Å². The highest BCUT2D eigenvalue weighted by Gasteiger charge is 2.50. The molecule has 1 aliphatic rings. The second kappa shape index (κ2) is 9.25. The monoisotopic (exact) mass is 447 g/mol. The quantitative estimate of drug-likeness (QED) is 0.587. The third kappa shape index (κ3) is 4.32. The number of hydrogen-bond acceptors (Lipinski definition) is 4. The van der Waals surface area contributed by atoms with Crippen LogP contribution >= 0.6 is 11.3 Å². The minimum absolute atomic E-state index is 0.00338. The second-order valence-corrected chi connectivity index (χ2v) is 9.99. The fourth-order valence-corrected chi connectivity index (χ4v) is 5.37. The number of carbonyl (C=O) groups is 2. The zero-order valence-electron chi connectivity index (χ0n) is 18.8. The minimum Gasteiger partial charge on any atom is -0.352 e. The number of thiophene rings is 1. The van der Waals surface area contributed by atoms with E-state index in [1.807, 2.05) is 62.1 Å². The van der Waals surface area contributed by atoms with Gasteiger partial charge < -0.3 is 10.2 Å². The van der Waals surface area contributed by atoms with E-state index in [0.29, 0.717) is 24.3 Å². The van der Waals surface area contributed by atoms with Crippen LogP contribution in [0.25, 0.3) is 11.1 Å². The molecule has 2 amide bonds. The number of benzene rings is 1. The van der Waals surface area contributed by atoms with Gasteiger partial charge in [0.2, 0.25) is 5.91 Å². The molecule has 0 aliphatic carbocycles. The highest BCUT2D eigenvalue weighted by Crippen LogP contribution is 2.38. The van der Waals surface area contributed by atoms with Crippen LogP contribution in [0.4, 0.5) is 0 Å². The molecule has 1 N–H and O–H groups in total. The van der Waals surface area contributed by atoms with Crippen molar-refractivity contribution in [2.45, 2.75) is 51.6 Å². The largest absolute Gasteiger partial charge is 0.352 e. The summed E-state index contributed by atoms with van der Waals surface area (Å²) in [6, 6.07) is 15.9. The van der Waals surface area contributed by atoms with Gasteiger partial charge in [-0.1, -0.05) is 24.3 Å². The van der Waals surface area contributed by atoms with Crippen LogP contribution in [0, 0.1) is 6.92 Å². The summed E-state index contributed by atoms with van der Waals surface area (Å²) in [6.45, 7) is 6.49. The van der Waals surface area contributed by atoms with Gasteiger partial charge in [0.1, 0.15) is 5.54 Å². The van der Waals surface area contributed by atoms with Crippen LogP contribution in [0.15, 0.2) is 60.9 Å².